The second kappa shape index (κ2) is 9.85. The van der Waals surface area contributed by atoms with Gasteiger partial charge < -0.3 is 15.5 Å². The minimum atomic E-state index is -4.43. The summed E-state index contributed by atoms with van der Waals surface area (Å²) < 4.78 is 38.5. The number of fused-ring (bicyclic) bond motifs is 1. The SMILES string of the molecule is CC(NC(=O)NCCCC(=O)N1CCc2ccccc2C1)c1cccc(C(F)(F)F)c1. The molecule has 0 fully saturated rings. The van der Waals surface area contributed by atoms with Crippen molar-refractivity contribution in [2.45, 2.75) is 44.9 Å². The topological polar surface area (TPSA) is 61.4 Å². The summed E-state index contributed by atoms with van der Waals surface area (Å²) in [7, 11) is 0. The third-order valence-electron chi connectivity index (χ3n) is 5.40. The second-order valence-corrected chi connectivity index (χ2v) is 7.68. The number of amides is 3. The number of carbonyl (C=O) groups excluding carboxylic acids is 2. The highest BCUT2D eigenvalue weighted by Crippen LogP contribution is 2.30. The fraction of sp³-hybridized carbons (Fsp3) is 0.391. The van der Waals surface area contributed by atoms with E-state index in [2.05, 4.69) is 16.7 Å². The van der Waals surface area contributed by atoms with Crippen LogP contribution in [-0.4, -0.2) is 29.9 Å². The lowest BCUT2D eigenvalue weighted by molar-refractivity contribution is -0.137. The van der Waals surface area contributed by atoms with Crippen molar-refractivity contribution < 1.29 is 22.8 Å². The zero-order valence-corrected chi connectivity index (χ0v) is 17.3. The molecule has 1 atom stereocenters. The number of urea groups is 1. The maximum absolute atomic E-state index is 12.8. The number of nitrogens with one attached hydrogen (secondary N) is 2. The first-order valence-electron chi connectivity index (χ1n) is 10.3. The van der Waals surface area contributed by atoms with Crippen LogP contribution in [0.25, 0.3) is 0 Å². The predicted octanol–water partition coefficient (Wildman–Crippen LogP) is 4.43. The molecule has 1 heterocycles. The lowest BCUT2D eigenvalue weighted by atomic mass is 9.99. The number of nitrogens with zero attached hydrogens (tertiary/aromatic N) is 1. The quantitative estimate of drug-likeness (QED) is 0.662. The Hall–Kier alpha value is -3.03. The van der Waals surface area contributed by atoms with Crippen LogP contribution in [0, 0.1) is 0 Å². The molecule has 0 saturated heterocycles. The van der Waals surface area contributed by atoms with Gasteiger partial charge in [0, 0.05) is 26.1 Å². The smallest absolute Gasteiger partial charge is 0.338 e. The zero-order valence-electron chi connectivity index (χ0n) is 17.3. The van der Waals surface area contributed by atoms with Crippen LogP contribution in [0.15, 0.2) is 48.5 Å². The van der Waals surface area contributed by atoms with E-state index in [1.54, 1.807) is 6.92 Å². The van der Waals surface area contributed by atoms with Gasteiger partial charge in [0.05, 0.1) is 11.6 Å². The molecule has 5 nitrogen and oxygen atoms in total. The predicted molar refractivity (Wildman–Crippen MR) is 111 cm³/mol. The summed E-state index contributed by atoms with van der Waals surface area (Å²) in [5.41, 5.74) is 2.06. The van der Waals surface area contributed by atoms with E-state index in [9.17, 15) is 22.8 Å². The van der Waals surface area contributed by atoms with Crippen molar-refractivity contribution >= 4 is 11.9 Å². The van der Waals surface area contributed by atoms with E-state index in [1.807, 2.05) is 23.1 Å². The maximum Gasteiger partial charge on any atom is 0.416 e. The number of halogens is 3. The fourth-order valence-electron chi connectivity index (χ4n) is 3.62. The molecule has 166 valence electrons. The summed E-state index contributed by atoms with van der Waals surface area (Å²) in [5, 5.41) is 5.28. The van der Waals surface area contributed by atoms with Crippen LogP contribution >= 0.6 is 0 Å². The molecule has 2 aromatic rings. The van der Waals surface area contributed by atoms with Gasteiger partial charge in [0.15, 0.2) is 0 Å². The number of carbonyl (C=O) groups is 2. The van der Waals surface area contributed by atoms with E-state index in [-0.39, 0.29) is 5.91 Å². The Labute approximate surface area is 179 Å². The Kier molecular flexibility index (Phi) is 7.20. The summed E-state index contributed by atoms with van der Waals surface area (Å²) >= 11 is 0. The lowest BCUT2D eigenvalue weighted by Gasteiger charge is -2.29. The van der Waals surface area contributed by atoms with Crippen LogP contribution in [0.3, 0.4) is 0 Å². The van der Waals surface area contributed by atoms with Gasteiger partial charge in [-0.25, -0.2) is 4.79 Å². The minimum Gasteiger partial charge on any atom is -0.338 e. The molecule has 8 heteroatoms. The van der Waals surface area contributed by atoms with Gasteiger partial charge in [-0.15, -0.1) is 0 Å². The molecule has 0 aliphatic carbocycles. The summed E-state index contributed by atoms with van der Waals surface area (Å²) in [6.45, 7) is 3.22. The van der Waals surface area contributed by atoms with Gasteiger partial charge in [0.2, 0.25) is 5.91 Å². The molecule has 31 heavy (non-hydrogen) atoms. The molecule has 1 aliphatic heterocycles. The van der Waals surface area contributed by atoms with Crippen molar-refractivity contribution in [3.8, 4) is 0 Å². The summed E-state index contributed by atoms with van der Waals surface area (Å²) in [6, 6.07) is 11.9. The molecule has 1 unspecified atom stereocenters. The second-order valence-electron chi connectivity index (χ2n) is 7.68. The molecule has 0 aromatic heterocycles. The van der Waals surface area contributed by atoms with Crippen molar-refractivity contribution in [2.24, 2.45) is 0 Å². The Morgan fingerprint density at radius 2 is 1.84 bits per heavy atom. The number of benzene rings is 2. The fourth-order valence-corrected chi connectivity index (χ4v) is 3.62. The summed E-state index contributed by atoms with van der Waals surface area (Å²) in [4.78, 5) is 26.3. The average molecular weight is 433 g/mol. The van der Waals surface area contributed by atoms with E-state index in [4.69, 9.17) is 0 Å². The van der Waals surface area contributed by atoms with Crippen molar-refractivity contribution in [1.29, 1.82) is 0 Å². The van der Waals surface area contributed by atoms with Gasteiger partial charge in [0.25, 0.3) is 0 Å². The molecule has 0 saturated carbocycles. The number of hydrogen-bond acceptors (Lipinski definition) is 2. The van der Waals surface area contributed by atoms with E-state index in [0.29, 0.717) is 38.0 Å². The standard InChI is InChI=1S/C23H26F3N3O2/c1-16(18-8-4-9-20(14-18)23(24,25)26)28-22(31)27-12-5-10-21(30)29-13-11-17-6-2-3-7-19(17)15-29/h2-4,6-9,14,16H,5,10-13,15H2,1H3,(H2,27,28,31). The van der Waals surface area contributed by atoms with E-state index >= 15 is 0 Å². The van der Waals surface area contributed by atoms with Crippen LogP contribution in [0.2, 0.25) is 0 Å². The molecule has 2 aromatic carbocycles. The monoisotopic (exact) mass is 433 g/mol. The molecule has 2 N–H and O–H groups in total. The third kappa shape index (κ3) is 6.23. The lowest BCUT2D eigenvalue weighted by Crippen LogP contribution is -2.38. The molecule has 0 radical (unpaired) electrons. The van der Waals surface area contributed by atoms with Crippen LogP contribution in [0.4, 0.5) is 18.0 Å². The van der Waals surface area contributed by atoms with Crippen LogP contribution in [-0.2, 0) is 23.9 Å². The summed E-state index contributed by atoms with van der Waals surface area (Å²) in [5.74, 6) is 0.0500. The highest BCUT2D eigenvalue weighted by Gasteiger charge is 2.30. The molecule has 0 bridgehead atoms. The normalized spacial score (nSPS) is 14.5. The van der Waals surface area contributed by atoms with Crippen molar-refractivity contribution in [3.05, 3.63) is 70.8 Å². The summed E-state index contributed by atoms with van der Waals surface area (Å²) in [6.07, 6.45) is -2.77. The third-order valence-corrected chi connectivity index (χ3v) is 5.40. The largest absolute Gasteiger partial charge is 0.416 e. The minimum absolute atomic E-state index is 0.0500. The van der Waals surface area contributed by atoms with Crippen LogP contribution in [0.1, 0.15) is 48.1 Å². The van der Waals surface area contributed by atoms with Crippen LogP contribution in [0.5, 0.6) is 0 Å². The first-order valence-corrected chi connectivity index (χ1v) is 10.3. The van der Waals surface area contributed by atoms with Gasteiger partial charge in [-0.2, -0.15) is 13.2 Å². The van der Waals surface area contributed by atoms with Crippen LogP contribution < -0.4 is 10.6 Å². The first-order chi connectivity index (χ1) is 14.7. The highest BCUT2D eigenvalue weighted by atomic mass is 19.4. The first kappa shape index (κ1) is 22.7. The van der Waals surface area contributed by atoms with Gasteiger partial charge in [-0.05, 0) is 48.6 Å². The van der Waals surface area contributed by atoms with Crippen molar-refractivity contribution in [1.82, 2.24) is 15.5 Å². The molecular weight excluding hydrogens is 407 g/mol. The maximum atomic E-state index is 12.8. The van der Waals surface area contributed by atoms with E-state index in [0.717, 1.165) is 18.6 Å². The highest BCUT2D eigenvalue weighted by molar-refractivity contribution is 5.77. The van der Waals surface area contributed by atoms with Gasteiger partial charge in [-0.1, -0.05) is 36.4 Å². The van der Waals surface area contributed by atoms with Gasteiger partial charge in [0.1, 0.15) is 0 Å². The number of hydrogen-bond donors (Lipinski definition) is 2. The average Bonchev–Trinajstić information content (AvgIpc) is 2.75. The van der Waals surface area contributed by atoms with E-state index < -0.39 is 23.8 Å². The Morgan fingerprint density at radius 1 is 1.10 bits per heavy atom. The van der Waals surface area contributed by atoms with E-state index in [1.165, 1.54) is 23.3 Å². The van der Waals surface area contributed by atoms with Crippen molar-refractivity contribution in [2.75, 3.05) is 13.1 Å². The molecule has 3 rings (SSSR count). The van der Waals surface area contributed by atoms with Gasteiger partial charge >= 0.3 is 12.2 Å². The molecular formula is C23H26F3N3O2. The molecule has 0 spiro atoms. The Balaban J connectivity index is 1.39. The number of rotatable bonds is 6. The molecule has 1 aliphatic rings. The Morgan fingerprint density at radius 3 is 2.58 bits per heavy atom. The zero-order chi connectivity index (χ0) is 22.4. The number of alkyl halides is 3. The van der Waals surface area contributed by atoms with Crippen molar-refractivity contribution in [3.63, 3.8) is 0 Å². The van der Waals surface area contributed by atoms with Gasteiger partial charge in [-0.3, -0.25) is 4.79 Å². The Bertz CT molecular complexity index is 930. The molecule has 3 amide bonds.